The molecule has 1 N–H and O–H groups in total. The van der Waals surface area contributed by atoms with Gasteiger partial charge in [-0.1, -0.05) is 17.7 Å². The third-order valence-corrected chi connectivity index (χ3v) is 5.58. The van der Waals surface area contributed by atoms with E-state index in [1.165, 1.54) is 36.5 Å². The lowest BCUT2D eigenvalue weighted by molar-refractivity contribution is -0.274. The summed E-state index contributed by atoms with van der Waals surface area (Å²) in [5, 5.41) is 11.5. The Hall–Kier alpha value is -4.05. The standard InChI is InChI=1S/C25H18ClF3N2O5/c1-2-35-19-13-14(6-11-17(19)26)22(32)20-21(18-5-3-4-12-30-18)31(24(34)23(20)33)15-7-9-16(10-8-15)36-25(27,28)29/h3-13,21,32H,2H2,1H3/b22-20-. The molecule has 0 saturated carbocycles. The topological polar surface area (TPSA) is 89.0 Å². The predicted molar refractivity (Wildman–Crippen MR) is 125 cm³/mol. The zero-order chi connectivity index (χ0) is 26.0. The van der Waals surface area contributed by atoms with Gasteiger partial charge in [0.1, 0.15) is 23.3 Å². The predicted octanol–water partition coefficient (Wildman–Crippen LogP) is 5.66. The number of alkyl halides is 3. The lowest BCUT2D eigenvalue weighted by Gasteiger charge is -2.24. The van der Waals surface area contributed by atoms with Gasteiger partial charge in [-0.3, -0.25) is 19.5 Å². The summed E-state index contributed by atoms with van der Waals surface area (Å²) < 4.78 is 47.0. The van der Waals surface area contributed by atoms with Crippen molar-refractivity contribution in [1.82, 2.24) is 4.98 Å². The van der Waals surface area contributed by atoms with Gasteiger partial charge in [0.15, 0.2) is 0 Å². The van der Waals surface area contributed by atoms with Crippen LogP contribution in [0.3, 0.4) is 0 Å². The molecule has 4 rings (SSSR count). The maximum atomic E-state index is 13.2. The van der Waals surface area contributed by atoms with E-state index in [4.69, 9.17) is 16.3 Å². The van der Waals surface area contributed by atoms with Crippen LogP contribution in [0.25, 0.3) is 5.76 Å². The number of carbonyl (C=O) groups excluding carboxylic acids is 2. The number of pyridine rings is 1. The maximum absolute atomic E-state index is 13.2. The molecule has 0 spiro atoms. The lowest BCUT2D eigenvalue weighted by Crippen LogP contribution is -2.29. The molecular formula is C25H18ClF3N2O5. The van der Waals surface area contributed by atoms with Crippen molar-refractivity contribution in [3.05, 3.63) is 88.7 Å². The SMILES string of the molecule is CCOc1cc(/C(O)=C2/C(=O)C(=O)N(c3ccc(OC(F)(F)F)cc3)C2c2ccccn2)ccc1Cl. The summed E-state index contributed by atoms with van der Waals surface area (Å²) in [6.07, 6.45) is -3.44. The number of hydrogen-bond acceptors (Lipinski definition) is 6. The number of aliphatic hydroxyl groups is 1. The molecule has 1 unspecified atom stereocenters. The van der Waals surface area contributed by atoms with E-state index < -0.39 is 35.6 Å². The van der Waals surface area contributed by atoms with Gasteiger partial charge >= 0.3 is 6.36 Å². The van der Waals surface area contributed by atoms with Crippen LogP contribution in [0.5, 0.6) is 11.5 Å². The first kappa shape index (κ1) is 25.1. The minimum absolute atomic E-state index is 0.104. The van der Waals surface area contributed by atoms with Crippen molar-refractivity contribution in [3.8, 4) is 11.5 Å². The van der Waals surface area contributed by atoms with Gasteiger partial charge in [-0.15, -0.1) is 13.2 Å². The molecule has 1 saturated heterocycles. The number of ether oxygens (including phenoxy) is 2. The number of aliphatic hydroxyl groups excluding tert-OH is 1. The van der Waals surface area contributed by atoms with Crippen LogP contribution in [0.4, 0.5) is 18.9 Å². The molecule has 7 nitrogen and oxygen atoms in total. The van der Waals surface area contributed by atoms with Crippen LogP contribution in [0.1, 0.15) is 24.2 Å². The van der Waals surface area contributed by atoms with Crippen LogP contribution in [0, 0.1) is 0 Å². The molecule has 186 valence electrons. The zero-order valence-corrected chi connectivity index (χ0v) is 19.4. The highest BCUT2D eigenvalue weighted by Gasteiger charge is 2.47. The van der Waals surface area contributed by atoms with Crippen molar-refractivity contribution < 1.29 is 37.3 Å². The smallest absolute Gasteiger partial charge is 0.507 e. The van der Waals surface area contributed by atoms with Gasteiger partial charge in [-0.2, -0.15) is 0 Å². The molecule has 1 fully saturated rings. The number of carbonyl (C=O) groups is 2. The maximum Gasteiger partial charge on any atom is 0.573 e. The molecular weight excluding hydrogens is 501 g/mol. The second-order valence-electron chi connectivity index (χ2n) is 7.54. The molecule has 11 heteroatoms. The Bertz CT molecular complexity index is 1330. The summed E-state index contributed by atoms with van der Waals surface area (Å²) >= 11 is 6.13. The van der Waals surface area contributed by atoms with Crippen molar-refractivity contribution in [3.63, 3.8) is 0 Å². The summed E-state index contributed by atoms with van der Waals surface area (Å²) in [5.74, 6) is -2.70. The van der Waals surface area contributed by atoms with Crippen molar-refractivity contribution in [1.29, 1.82) is 0 Å². The third kappa shape index (κ3) is 4.99. The van der Waals surface area contributed by atoms with Crippen LogP contribution >= 0.6 is 11.6 Å². The summed E-state index contributed by atoms with van der Waals surface area (Å²) in [7, 11) is 0. The Kier molecular flexibility index (Phi) is 6.89. The summed E-state index contributed by atoms with van der Waals surface area (Å²) in [4.78, 5) is 31.6. The Morgan fingerprint density at radius 1 is 1.11 bits per heavy atom. The van der Waals surface area contributed by atoms with Gasteiger partial charge in [-0.25, -0.2) is 0 Å². The minimum Gasteiger partial charge on any atom is -0.507 e. The molecule has 2 heterocycles. The molecule has 0 bridgehead atoms. The largest absolute Gasteiger partial charge is 0.573 e. The molecule has 1 aliphatic heterocycles. The first-order valence-corrected chi connectivity index (χ1v) is 11.0. The van der Waals surface area contributed by atoms with Crippen LogP contribution in [0.2, 0.25) is 5.02 Å². The highest BCUT2D eigenvalue weighted by atomic mass is 35.5. The van der Waals surface area contributed by atoms with Crippen LogP contribution in [0.15, 0.2) is 72.4 Å². The van der Waals surface area contributed by atoms with Crippen molar-refractivity contribution in [2.45, 2.75) is 19.3 Å². The second kappa shape index (κ2) is 9.90. The van der Waals surface area contributed by atoms with Gasteiger partial charge in [0, 0.05) is 17.4 Å². The number of amides is 1. The fourth-order valence-corrected chi connectivity index (χ4v) is 3.97. The van der Waals surface area contributed by atoms with Crippen molar-refractivity contribution >= 4 is 34.7 Å². The molecule has 1 aromatic heterocycles. The Morgan fingerprint density at radius 2 is 1.83 bits per heavy atom. The summed E-state index contributed by atoms with van der Waals surface area (Å²) in [6, 6.07) is 12.5. The zero-order valence-electron chi connectivity index (χ0n) is 18.6. The lowest BCUT2D eigenvalue weighted by atomic mass is 9.98. The number of aromatic nitrogens is 1. The first-order valence-electron chi connectivity index (χ1n) is 10.6. The number of halogens is 4. The fourth-order valence-electron chi connectivity index (χ4n) is 3.80. The molecule has 0 aliphatic carbocycles. The van der Waals surface area contributed by atoms with Gasteiger partial charge in [0.05, 0.1) is 22.9 Å². The molecule has 1 atom stereocenters. The van der Waals surface area contributed by atoms with E-state index in [0.29, 0.717) is 6.61 Å². The van der Waals surface area contributed by atoms with Crippen LogP contribution < -0.4 is 14.4 Å². The number of rotatable bonds is 6. The molecule has 2 aromatic carbocycles. The number of ketones is 1. The van der Waals surface area contributed by atoms with E-state index in [1.54, 1.807) is 25.1 Å². The number of Topliss-reactive ketones (excluding diaryl/α,β-unsaturated/α-hetero) is 1. The number of hydrogen-bond donors (Lipinski definition) is 1. The molecule has 1 aliphatic rings. The highest BCUT2D eigenvalue weighted by molar-refractivity contribution is 6.51. The van der Waals surface area contributed by atoms with Crippen LogP contribution in [-0.4, -0.2) is 34.8 Å². The van der Waals surface area contributed by atoms with E-state index in [9.17, 15) is 27.9 Å². The highest BCUT2D eigenvalue weighted by Crippen LogP contribution is 2.42. The molecule has 0 radical (unpaired) electrons. The van der Waals surface area contributed by atoms with Crippen molar-refractivity contribution in [2.24, 2.45) is 0 Å². The summed E-state index contributed by atoms with van der Waals surface area (Å²) in [5.41, 5.74) is 0.287. The Labute approximate surface area is 208 Å². The van der Waals surface area contributed by atoms with E-state index in [-0.39, 0.29) is 33.3 Å². The average molecular weight is 519 g/mol. The number of anilines is 1. The van der Waals surface area contributed by atoms with E-state index in [2.05, 4.69) is 9.72 Å². The molecule has 3 aromatic rings. The monoisotopic (exact) mass is 518 g/mol. The minimum atomic E-state index is -4.89. The van der Waals surface area contributed by atoms with Crippen molar-refractivity contribution in [2.75, 3.05) is 11.5 Å². The van der Waals surface area contributed by atoms with Gasteiger partial charge in [0.2, 0.25) is 0 Å². The first-order chi connectivity index (χ1) is 17.1. The van der Waals surface area contributed by atoms with Crippen LogP contribution in [-0.2, 0) is 9.59 Å². The second-order valence-corrected chi connectivity index (χ2v) is 7.95. The quantitative estimate of drug-likeness (QED) is 0.257. The van der Waals surface area contributed by atoms with E-state index >= 15 is 0 Å². The Morgan fingerprint density at radius 3 is 2.44 bits per heavy atom. The Balaban J connectivity index is 1.84. The van der Waals surface area contributed by atoms with Gasteiger partial charge in [0.25, 0.3) is 11.7 Å². The molecule has 1 amide bonds. The average Bonchev–Trinajstić information content (AvgIpc) is 3.11. The van der Waals surface area contributed by atoms with Gasteiger partial charge < -0.3 is 14.6 Å². The fraction of sp³-hybridized carbons (Fsp3) is 0.160. The van der Waals surface area contributed by atoms with E-state index in [0.717, 1.165) is 17.0 Å². The number of nitrogens with zero attached hydrogens (tertiary/aromatic N) is 2. The summed E-state index contributed by atoms with van der Waals surface area (Å²) in [6.45, 7) is 2.05. The van der Waals surface area contributed by atoms with Gasteiger partial charge in [-0.05, 0) is 61.5 Å². The third-order valence-electron chi connectivity index (χ3n) is 5.27. The van der Waals surface area contributed by atoms with E-state index in [1.807, 2.05) is 0 Å². The normalized spacial score (nSPS) is 17.4. The molecule has 36 heavy (non-hydrogen) atoms. The number of benzene rings is 2.